The fraction of sp³-hybridized carbons (Fsp3) is 0.200. The highest BCUT2D eigenvalue weighted by molar-refractivity contribution is 7.93. The van der Waals surface area contributed by atoms with Gasteiger partial charge in [-0.1, -0.05) is 12.1 Å². The van der Waals surface area contributed by atoms with E-state index < -0.39 is 16.6 Å². The summed E-state index contributed by atoms with van der Waals surface area (Å²) in [6.45, 7) is -2.80. The van der Waals surface area contributed by atoms with Gasteiger partial charge < -0.3 is 4.74 Å². The van der Waals surface area contributed by atoms with E-state index in [9.17, 15) is 17.2 Å². The number of hydrogen-bond donors (Lipinski definition) is 1. The lowest BCUT2D eigenvalue weighted by molar-refractivity contribution is -0.0498. The number of hydrogen-bond acceptors (Lipinski definition) is 5. The summed E-state index contributed by atoms with van der Waals surface area (Å²) in [5, 5.41) is 4.09. The number of sulfonamides is 1. The van der Waals surface area contributed by atoms with Crippen molar-refractivity contribution in [3.8, 4) is 11.6 Å². The van der Waals surface area contributed by atoms with Gasteiger partial charge in [-0.2, -0.15) is 13.9 Å². The first-order valence-corrected chi connectivity index (χ1v) is 10.6. The molecule has 2 aromatic heterocycles. The van der Waals surface area contributed by atoms with Crippen LogP contribution in [0.5, 0.6) is 5.75 Å². The van der Waals surface area contributed by atoms with Crippen LogP contribution in [-0.4, -0.2) is 29.8 Å². The van der Waals surface area contributed by atoms with Crippen LogP contribution in [0.1, 0.15) is 23.1 Å². The third kappa shape index (κ3) is 4.55. The molecule has 3 aromatic rings. The van der Waals surface area contributed by atoms with E-state index in [-0.39, 0.29) is 23.6 Å². The summed E-state index contributed by atoms with van der Waals surface area (Å²) in [5.41, 5.74) is 2.15. The average Bonchev–Trinajstić information content (AvgIpc) is 3.27. The molecule has 0 saturated heterocycles. The van der Waals surface area contributed by atoms with E-state index in [1.165, 1.54) is 12.1 Å². The van der Waals surface area contributed by atoms with Gasteiger partial charge >= 0.3 is 6.61 Å². The Morgan fingerprint density at radius 1 is 1.20 bits per heavy atom. The van der Waals surface area contributed by atoms with Crippen LogP contribution in [-0.2, 0) is 23.0 Å². The molecule has 0 unspecified atom stereocenters. The quantitative estimate of drug-likeness (QED) is 0.619. The van der Waals surface area contributed by atoms with Crippen molar-refractivity contribution in [1.29, 1.82) is 0 Å². The lowest BCUT2D eigenvalue weighted by Crippen LogP contribution is -2.26. The number of pyridine rings is 1. The standard InChI is InChI=1S/C20H18F2N4O3S/c21-20(22)29-17-5-3-16-11-18(6-4-15(16)10-17)30(27,28)25-13-14-2-7-19(23-12-14)26-9-1-8-24-26/h1-3,5,7-12,20,25H,4,6,13H2. The summed E-state index contributed by atoms with van der Waals surface area (Å²) < 4.78 is 58.7. The van der Waals surface area contributed by atoms with Gasteiger partial charge in [0.15, 0.2) is 5.82 Å². The number of rotatable bonds is 7. The molecule has 156 valence electrons. The molecule has 7 nitrogen and oxygen atoms in total. The van der Waals surface area contributed by atoms with Crippen molar-refractivity contribution < 1.29 is 21.9 Å². The molecule has 1 aliphatic rings. The van der Waals surface area contributed by atoms with Gasteiger partial charge in [0.05, 0.1) is 4.91 Å². The molecule has 0 spiro atoms. The highest BCUT2D eigenvalue weighted by Gasteiger charge is 2.22. The number of benzene rings is 1. The molecule has 0 amide bonds. The number of aryl methyl sites for hydroxylation is 1. The topological polar surface area (TPSA) is 86.1 Å². The fourth-order valence-corrected chi connectivity index (χ4v) is 4.36. The normalized spacial score (nSPS) is 13.8. The minimum atomic E-state index is -3.69. The summed E-state index contributed by atoms with van der Waals surface area (Å²) in [4.78, 5) is 4.53. The fourth-order valence-electron chi connectivity index (χ4n) is 3.16. The van der Waals surface area contributed by atoms with E-state index >= 15 is 0 Å². The molecule has 4 rings (SSSR count). The third-order valence-corrected chi connectivity index (χ3v) is 6.19. The number of nitrogens with zero attached hydrogens (tertiary/aromatic N) is 3. The van der Waals surface area contributed by atoms with Gasteiger partial charge in [0.2, 0.25) is 10.0 Å². The molecule has 0 bridgehead atoms. The van der Waals surface area contributed by atoms with E-state index in [4.69, 9.17) is 0 Å². The number of fused-ring (bicyclic) bond motifs is 1. The molecule has 1 aliphatic carbocycles. The maximum absolute atomic E-state index is 12.7. The summed E-state index contributed by atoms with van der Waals surface area (Å²) >= 11 is 0. The van der Waals surface area contributed by atoms with Gasteiger partial charge in [-0.3, -0.25) is 0 Å². The zero-order chi connectivity index (χ0) is 21.1. The first-order chi connectivity index (χ1) is 14.4. The monoisotopic (exact) mass is 432 g/mol. The lowest BCUT2D eigenvalue weighted by atomic mass is 9.97. The van der Waals surface area contributed by atoms with Crippen LogP contribution in [0.3, 0.4) is 0 Å². The van der Waals surface area contributed by atoms with Crippen molar-refractivity contribution in [3.05, 3.63) is 76.6 Å². The second-order valence-electron chi connectivity index (χ2n) is 6.65. The first kappa shape index (κ1) is 20.2. The highest BCUT2D eigenvalue weighted by Crippen LogP contribution is 2.30. The minimum absolute atomic E-state index is 0.0626. The molecule has 0 fully saturated rings. The molecule has 0 atom stereocenters. The lowest BCUT2D eigenvalue weighted by Gasteiger charge is -2.18. The van der Waals surface area contributed by atoms with Crippen LogP contribution in [0.4, 0.5) is 8.78 Å². The van der Waals surface area contributed by atoms with Crippen molar-refractivity contribution in [2.75, 3.05) is 0 Å². The zero-order valence-electron chi connectivity index (χ0n) is 15.7. The number of allylic oxidation sites excluding steroid dienone is 1. The van der Waals surface area contributed by atoms with Crippen LogP contribution in [0, 0.1) is 0 Å². The number of alkyl halides is 2. The second-order valence-corrected chi connectivity index (χ2v) is 8.47. The van der Waals surface area contributed by atoms with Crippen molar-refractivity contribution in [3.63, 3.8) is 0 Å². The molecule has 1 aromatic carbocycles. The van der Waals surface area contributed by atoms with Gasteiger partial charge in [-0.25, -0.2) is 22.8 Å². The smallest absolute Gasteiger partial charge is 0.387 e. The average molecular weight is 432 g/mol. The van der Waals surface area contributed by atoms with Crippen molar-refractivity contribution >= 4 is 16.1 Å². The number of nitrogens with one attached hydrogen (secondary N) is 1. The predicted octanol–water partition coefficient (Wildman–Crippen LogP) is 3.28. The molecular weight excluding hydrogens is 414 g/mol. The van der Waals surface area contributed by atoms with Crippen molar-refractivity contribution in [2.24, 2.45) is 0 Å². The molecule has 30 heavy (non-hydrogen) atoms. The van der Waals surface area contributed by atoms with E-state index in [0.717, 1.165) is 5.56 Å². The Labute approximate surface area is 172 Å². The van der Waals surface area contributed by atoms with Crippen LogP contribution in [0.2, 0.25) is 0 Å². The Kier molecular flexibility index (Phi) is 5.60. The van der Waals surface area contributed by atoms with Crippen molar-refractivity contribution in [2.45, 2.75) is 26.0 Å². The molecule has 1 N–H and O–H groups in total. The van der Waals surface area contributed by atoms with Crippen molar-refractivity contribution in [1.82, 2.24) is 19.5 Å². The largest absolute Gasteiger partial charge is 0.435 e. The third-order valence-electron chi connectivity index (χ3n) is 4.66. The molecule has 0 radical (unpaired) electrons. The summed E-state index contributed by atoms with van der Waals surface area (Å²) in [5.74, 6) is 0.695. The second kappa shape index (κ2) is 8.33. The van der Waals surface area contributed by atoms with Crippen LogP contribution >= 0.6 is 0 Å². The van der Waals surface area contributed by atoms with Gasteiger partial charge in [0.1, 0.15) is 5.75 Å². The summed E-state index contributed by atoms with van der Waals surface area (Å²) in [6.07, 6.45) is 7.26. The van der Waals surface area contributed by atoms with Crippen LogP contribution in [0.15, 0.2) is 59.9 Å². The Hall–Kier alpha value is -3.11. The van der Waals surface area contributed by atoms with E-state index in [2.05, 4.69) is 19.5 Å². The zero-order valence-corrected chi connectivity index (χ0v) is 16.5. The number of ether oxygens (including phenoxy) is 1. The maximum atomic E-state index is 12.7. The Morgan fingerprint density at radius 3 is 2.77 bits per heavy atom. The van der Waals surface area contributed by atoms with Gasteiger partial charge in [0, 0.05) is 25.1 Å². The van der Waals surface area contributed by atoms with Crippen LogP contribution < -0.4 is 9.46 Å². The molecular formula is C20H18F2N4O3S. The molecule has 10 heteroatoms. The molecule has 2 heterocycles. The van der Waals surface area contributed by atoms with Gasteiger partial charge in [-0.15, -0.1) is 0 Å². The Bertz CT molecular complexity index is 1160. The Balaban J connectivity index is 1.44. The minimum Gasteiger partial charge on any atom is -0.435 e. The summed E-state index contributed by atoms with van der Waals surface area (Å²) in [7, 11) is -3.69. The molecule has 0 saturated carbocycles. The predicted molar refractivity (Wildman–Crippen MR) is 106 cm³/mol. The van der Waals surface area contributed by atoms with Crippen LogP contribution in [0.25, 0.3) is 11.9 Å². The van der Waals surface area contributed by atoms with Gasteiger partial charge in [-0.05, 0) is 59.9 Å². The molecule has 0 aliphatic heterocycles. The summed E-state index contributed by atoms with van der Waals surface area (Å²) in [6, 6.07) is 9.82. The first-order valence-electron chi connectivity index (χ1n) is 9.14. The number of halogens is 2. The maximum Gasteiger partial charge on any atom is 0.387 e. The van der Waals surface area contributed by atoms with E-state index in [0.29, 0.717) is 23.4 Å². The highest BCUT2D eigenvalue weighted by atomic mass is 32.2. The number of aromatic nitrogens is 3. The van der Waals surface area contributed by atoms with Gasteiger partial charge in [0.25, 0.3) is 0 Å². The SMILES string of the molecule is O=S(=O)(NCc1ccc(-n2cccn2)nc1)C1=Cc2ccc(OC(F)F)cc2CC1. The van der Waals surface area contributed by atoms with E-state index in [1.54, 1.807) is 53.6 Å². The Morgan fingerprint density at radius 2 is 2.07 bits per heavy atom. The van der Waals surface area contributed by atoms with E-state index in [1.807, 2.05) is 0 Å².